The molecule has 0 radical (unpaired) electrons. The normalized spacial score (nSPS) is 15.5. The molecular formula is C22H36F3NO3Si. The van der Waals surface area contributed by atoms with Crippen molar-refractivity contribution in [1.82, 2.24) is 5.32 Å². The molecule has 0 saturated carbocycles. The third-order valence-corrected chi connectivity index (χ3v) is 10.0. The van der Waals surface area contributed by atoms with E-state index in [2.05, 4.69) is 39.2 Å². The number of carbonyl (C=O) groups is 1. The van der Waals surface area contributed by atoms with Crippen LogP contribution < -0.4 is 5.32 Å². The van der Waals surface area contributed by atoms with Gasteiger partial charge in [0.2, 0.25) is 0 Å². The maximum atomic E-state index is 12.9. The molecule has 0 bridgehead atoms. The summed E-state index contributed by atoms with van der Waals surface area (Å²) in [6, 6.07) is 4.56. The Morgan fingerprint density at radius 3 is 1.93 bits per heavy atom. The minimum absolute atomic E-state index is 0.0128. The Hall–Kier alpha value is -1.54. The summed E-state index contributed by atoms with van der Waals surface area (Å²) in [6.07, 6.45) is -4.97. The van der Waals surface area contributed by atoms with Gasteiger partial charge in [0.25, 0.3) is 0 Å². The van der Waals surface area contributed by atoms with Crippen LogP contribution >= 0.6 is 0 Å². The summed E-state index contributed by atoms with van der Waals surface area (Å²) in [6.45, 7) is 18.0. The van der Waals surface area contributed by atoms with Gasteiger partial charge in [0, 0.05) is 5.92 Å². The first-order valence-corrected chi connectivity index (χ1v) is 13.0. The zero-order chi connectivity index (χ0) is 23.5. The van der Waals surface area contributed by atoms with Crippen molar-refractivity contribution >= 4 is 14.4 Å². The molecule has 0 saturated heterocycles. The largest absolute Gasteiger partial charge is 0.444 e. The average molecular weight is 448 g/mol. The number of ether oxygens (including phenoxy) is 1. The van der Waals surface area contributed by atoms with Crippen LogP contribution in [0.15, 0.2) is 24.3 Å². The fourth-order valence-corrected chi connectivity index (χ4v) is 3.52. The van der Waals surface area contributed by atoms with E-state index in [1.807, 2.05) is 6.92 Å². The lowest BCUT2D eigenvalue weighted by Gasteiger charge is -2.38. The van der Waals surface area contributed by atoms with E-state index in [1.165, 1.54) is 12.1 Å². The van der Waals surface area contributed by atoms with Gasteiger partial charge in [-0.25, -0.2) is 4.79 Å². The molecule has 0 aliphatic rings. The fraction of sp³-hybridized carbons (Fsp3) is 0.682. The first-order valence-electron chi connectivity index (χ1n) is 10.1. The number of rotatable bonds is 6. The number of nitrogens with one attached hydrogen (secondary N) is 1. The molecule has 0 aliphatic carbocycles. The summed E-state index contributed by atoms with van der Waals surface area (Å²) in [5, 5.41) is 2.84. The van der Waals surface area contributed by atoms with Crippen LogP contribution in [-0.4, -0.2) is 32.7 Å². The third-order valence-electron chi connectivity index (χ3n) is 5.50. The second-order valence-corrected chi connectivity index (χ2v) is 15.0. The van der Waals surface area contributed by atoms with Crippen molar-refractivity contribution < 1.29 is 27.1 Å². The van der Waals surface area contributed by atoms with Crippen molar-refractivity contribution in [3.8, 4) is 0 Å². The van der Waals surface area contributed by atoms with Gasteiger partial charge in [0.05, 0.1) is 18.2 Å². The van der Waals surface area contributed by atoms with Crippen LogP contribution in [0.3, 0.4) is 0 Å². The number of benzene rings is 1. The lowest BCUT2D eigenvalue weighted by Crippen LogP contribution is -2.48. The number of hydrogen-bond donors (Lipinski definition) is 1. The van der Waals surface area contributed by atoms with Gasteiger partial charge in [-0.2, -0.15) is 13.2 Å². The second-order valence-electron chi connectivity index (χ2n) is 10.2. The van der Waals surface area contributed by atoms with Gasteiger partial charge in [0.1, 0.15) is 5.60 Å². The molecule has 30 heavy (non-hydrogen) atoms. The third kappa shape index (κ3) is 7.94. The molecule has 0 unspecified atom stereocenters. The Morgan fingerprint density at radius 1 is 1.03 bits per heavy atom. The number of alkyl carbamates (subject to hydrolysis) is 1. The van der Waals surface area contributed by atoms with Crippen LogP contribution in [-0.2, 0) is 15.3 Å². The molecule has 1 amide bonds. The molecule has 1 N–H and O–H groups in total. The zero-order valence-corrected chi connectivity index (χ0v) is 20.5. The minimum atomic E-state index is -4.39. The molecule has 172 valence electrons. The molecule has 4 nitrogen and oxygen atoms in total. The summed E-state index contributed by atoms with van der Waals surface area (Å²) in [4.78, 5) is 12.4. The average Bonchev–Trinajstić information content (AvgIpc) is 2.54. The van der Waals surface area contributed by atoms with Crippen molar-refractivity contribution in [2.24, 2.45) is 0 Å². The van der Waals surface area contributed by atoms with Gasteiger partial charge < -0.3 is 14.5 Å². The predicted octanol–water partition coefficient (Wildman–Crippen LogP) is 6.72. The van der Waals surface area contributed by atoms with Gasteiger partial charge in [0.15, 0.2) is 8.32 Å². The van der Waals surface area contributed by atoms with Gasteiger partial charge in [-0.05, 0) is 56.6 Å². The highest BCUT2D eigenvalue weighted by Gasteiger charge is 2.38. The molecular weight excluding hydrogens is 411 g/mol. The van der Waals surface area contributed by atoms with Crippen LogP contribution in [0.1, 0.15) is 65.5 Å². The Labute approximate surface area is 179 Å². The number of carbonyl (C=O) groups excluding carboxylic acids is 1. The lowest BCUT2D eigenvalue weighted by molar-refractivity contribution is -0.137. The topological polar surface area (TPSA) is 47.6 Å². The quantitative estimate of drug-likeness (QED) is 0.492. The van der Waals surface area contributed by atoms with Crippen molar-refractivity contribution in [2.75, 3.05) is 6.61 Å². The predicted molar refractivity (Wildman–Crippen MR) is 116 cm³/mol. The molecule has 0 aromatic heterocycles. The molecule has 1 rings (SSSR count). The zero-order valence-electron chi connectivity index (χ0n) is 19.5. The van der Waals surface area contributed by atoms with E-state index < -0.39 is 37.8 Å². The Balaban J connectivity index is 3.07. The second kappa shape index (κ2) is 9.30. The van der Waals surface area contributed by atoms with E-state index >= 15 is 0 Å². The van der Waals surface area contributed by atoms with Crippen LogP contribution in [0, 0.1) is 0 Å². The number of hydrogen-bond acceptors (Lipinski definition) is 3. The fourth-order valence-electron chi connectivity index (χ4n) is 2.49. The summed E-state index contributed by atoms with van der Waals surface area (Å²) >= 11 is 0. The Bertz CT molecular complexity index is 704. The SMILES string of the molecule is C[C@@H](c1ccc(C(F)(F)F)cc1)[C@@H](CO[Si](C)(C)C(C)(C)C)NC(=O)OC(C)(C)C. The van der Waals surface area contributed by atoms with Gasteiger partial charge in [-0.3, -0.25) is 0 Å². The highest BCUT2D eigenvalue weighted by molar-refractivity contribution is 6.74. The van der Waals surface area contributed by atoms with Gasteiger partial charge in [-0.15, -0.1) is 0 Å². The number of amides is 1. The molecule has 0 spiro atoms. The van der Waals surface area contributed by atoms with Crippen LogP contribution in [0.2, 0.25) is 18.1 Å². The smallest absolute Gasteiger partial charge is 0.416 e. The summed E-state index contributed by atoms with van der Waals surface area (Å²) < 4.78 is 50.3. The molecule has 8 heteroatoms. The molecule has 0 heterocycles. The maximum absolute atomic E-state index is 12.9. The van der Waals surface area contributed by atoms with E-state index in [1.54, 1.807) is 20.8 Å². The molecule has 2 atom stereocenters. The monoisotopic (exact) mass is 447 g/mol. The molecule has 0 fully saturated rings. The molecule has 1 aromatic rings. The van der Waals surface area contributed by atoms with Crippen LogP contribution in [0.5, 0.6) is 0 Å². The van der Waals surface area contributed by atoms with Gasteiger partial charge >= 0.3 is 12.3 Å². The van der Waals surface area contributed by atoms with E-state index in [4.69, 9.17) is 9.16 Å². The Kier molecular flexibility index (Phi) is 8.21. The highest BCUT2D eigenvalue weighted by atomic mass is 28.4. The van der Waals surface area contributed by atoms with E-state index in [9.17, 15) is 18.0 Å². The summed E-state index contributed by atoms with van der Waals surface area (Å²) in [7, 11) is -2.09. The van der Waals surface area contributed by atoms with E-state index in [-0.39, 0.29) is 17.6 Å². The summed E-state index contributed by atoms with van der Waals surface area (Å²) in [5.74, 6) is -0.274. The van der Waals surface area contributed by atoms with Crippen molar-refractivity contribution in [1.29, 1.82) is 0 Å². The van der Waals surface area contributed by atoms with Crippen molar-refractivity contribution in [3.05, 3.63) is 35.4 Å². The van der Waals surface area contributed by atoms with E-state index in [0.717, 1.165) is 12.1 Å². The standard InChI is InChI=1S/C22H36F3NO3Si/c1-15(16-10-12-17(13-11-16)22(23,24)25)18(26-19(27)29-20(2,3)4)14-28-30(8,9)21(5,6)7/h10-13,15,18H,14H2,1-9H3,(H,26,27)/t15-,18+/m0/s1. The highest BCUT2D eigenvalue weighted by Crippen LogP contribution is 2.37. The maximum Gasteiger partial charge on any atom is 0.416 e. The van der Waals surface area contributed by atoms with Crippen LogP contribution in [0.4, 0.5) is 18.0 Å². The first-order chi connectivity index (χ1) is 13.3. The van der Waals surface area contributed by atoms with Crippen LogP contribution in [0.25, 0.3) is 0 Å². The van der Waals surface area contributed by atoms with Crippen molar-refractivity contribution in [2.45, 2.75) is 90.3 Å². The summed E-state index contributed by atoms with van der Waals surface area (Å²) in [5.41, 5.74) is -0.678. The van der Waals surface area contributed by atoms with Gasteiger partial charge in [-0.1, -0.05) is 39.8 Å². The molecule has 0 aliphatic heterocycles. The molecule has 1 aromatic carbocycles. The first kappa shape index (κ1) is 26.5. The Morgan fingerprint density at radius 2 is 1.53 bits per heavy atom. The minimum Gasteiger partial charge on any atom is -0.444 e. The lowest BCUT2D eigenvalue weighted by atomic mass is 9.93. The van der Waals surface area contributed by atoms with Crippen molar-refractivity contribution in [3.63, 3.8) is 0 Å². The number of halogens is 3. The van der Waals surface area contributed by atoms with E-state index in [0.29, 0.717) is 5.56 Å². The number of alkyl halides is 3.